The number of rotatable bonds is 3. The summed E-state index contributed by atoms with van der Waals surface area (Å²) in [4.78, 5) is 0. The second-order valence-electron chi connectivity index (χ2n) is 3.02. The van der Waals surface area contributed by atoms with Crippen LogP contribution in [-0.4, -0.2) is 18.2 Å². The molecule has 0 saturated carbocycles. The third-order valence-corrected chi connectivity index (χ3v) is 2.71. The van der Waals surface area contributed by atoms with E-state index >= 15 is 0 Å². The first-order chi connectivity index (χ1) is 7.13. The summed E-state index contributed by atoms with van der Waals surface area (Å²) in [5.41, 5.74) is -1.20. The van der Waals surface area contributed by atoms with E-state index < -0.39 is 26.7 Å². The Kier molecular flexibility index (Phi) is 3.53. The van der Waals surface area contributed by atoms with Gasteiger partial charge in [0.05, 0.1) is 5.69 Å². The SMILES string of the molecule is CCn1nc(CS(=O)(=O)Cl)cc1C(F)(F)F. The maximum atomic E-state index is 12.4. The normalized spacial score (nSPS) is 13.1. The van der Waals surface area contributed by atoms with E-state index in [2.05, 4.69) is 5.10 Å². The fourth-order valence-electron chi connectivity index (χ4n) is 1.19. The molecule has 0 bridgehead atoms. The monoisotopic (exact) mass is 276 g/mol. The van der Waals surface area contributed by atoms with Crippen molar-refractivity contribution in [3.05, 3.63) is 17.5 Å². The third kappa shape index (κ3) is 3.38. The predicted molar refractivity (Wildman–Crippen MR) is 51.4 cm³/mol. The van der Waals surface area contributed by atoms with Crippen molar-refractivity contribution in [2.24, 2.45) is 0 Å². The zero-order valence-corrected chi connectivity index (χ0v) is 9.70. The Hall–Kier alpha value is -0.760. The lowest BCUT2D eigenvalue weighted by Gasteiger charge is -2.07. The molecule has 0 unspecified atom stereocenters. The molecule has 0 atom stereocenters. The first-order valence-electron chi connectivity index (χ1n) is 4.19. The topological polar surface area (TPSA) is 52.0 Å². The van der Waals surface area contributed by atoms with Crippen molar-refractivity contribution in [1.29, 1.82) is 0 Å². The van der Waals surface area contributed by atoms with Gasteiger partial charge >= 0.3 is 6.18 Å². The highest BCUT2D eigenvalue weighted by Crippen LogP contribution is 2.30. The molecule has 4 nitrogen and oxygen atoms in total. The van der Waals surface area contributed by atoms with Gasteiger partial charge in [-0.1, -0.05) is 0 Å². The van der Waals surface area contributed by atoms with Crippen LogP contribution in [0.3, 0.4) is 0 Å². The molecule has 0 radical (unpaired) electrons. The molecule has 0 saturated heterocycles. The van der Waals surface area contributed by atoms with E-state index in [-0.39, 0.29) is 12.2 Å². The number of alkyl halides is 3. The zero-order chi connectivity index (χ0) is 12.6. The molecule has 0 spiro atoms. The molecule has 92 valence electrons. The molecule has 1 heterocycles. The molecule has 1 aromatic rings. The van der Waals surface area contributed by atoms with E-state index in [9.17, 15) is 21.6 Å². The van der Waals surface area contributed by atoms with Gasteiger partial charge in [0.25, 0.3) is 0 Å². The van der Waals surface area contributed by atoms with Crippen LogP contribution in [0, 0.1) is 0 Å². The maximum absolute atomic E-state index is 12.4. The standard InChI is InChI=1S/C7H8ClF3N2O2S/c1-2-13-6(7(9,10)11)3-5(12-13)4-16(8,14)15/h3H,2,4H2,1H3. The van der Waals surface area contributed by atoms with Crippen molar-refractivity contribution in [2.45, 2.75) is 25.4 Å². The van der Waals surface area contributed by atoms with Crippen LogP contribution in [0.2, 0.25) is 0 Å². The minimum atomic E-state index is -4.56. The molecule has 1 aromatic heterocycles. The number of aromatic nitrogens is 2. The van der Waals surface area contributed by atoms with Gasteiger partial charge in [-0.15, -0.1) is 0 Å². The van der Waals surface area contributed by atoms with Gasteiger partial charge in [-0.2, -0.15) is 18.3 Å². The fraction of sp³-hybridized carbons (Fsp3) is 0.571. The van der Waals surface area contributed by atoms with Gasteiger partial charge in [0.2, 0.25) is 9.05 Å². The molecular formula is C7H8ClF3N2O2S. The Balaban J connectivity index is 3.14. The summed E-state index contributed by atoms with van der Waals surface area (Å²) in [7, 11) is 1.02. The molecule has 0 aliphatic carbocycles. The van der Waals surface area contributed by atoms with Gasteiger partial charge in [-0.05, 0) is 13.0 Å². The number of hydrogen-bond acceptors (Lipinski definition) is 3. The Bertz CT molecular complexity index is 480. The van der Waals surface area contributed by atoms with Gasteiger partial charge in [0, 0.05) is 17.2 Å². The second-order valence-corrected chi connectivity index (χ2v) is 5.79. The summed E-state index contributed by atoms with van der Waals surface area (Å²) in [6.45, 7) is 1.47. The Labute approximate surface area is 94.4 Å². The average molecular weight is 277 g/mol. The third-order valence-electron chi connectivity index (χ3n) is 1.74. The van der Waals surface area contributed by atoms with Crippen LogP contribution in [0.15, 0.2) is 6.07 Å². The van der Waals surface area contributed by atoms with Crippen LogP contribution in [0.1, 0.15) is 18.3 Å². The van der Waals surface area contributed by atoms with Crippen molar-refractivity contribution in [3.63, 3.8) is 0 Å². The Morgan fingerprint density at radius 1 is 1.50 bits per heavy atom. The lowest BCUT2D eigenvalue weighted by atomic mass is 10.3. The van der Waals surface area contributed by atoms with Gasteiger partial charge in [0.1, 0.15) is 11.4 Å². The van der Waals surface area contributed by atoms with Gasteiger partial charge in [-0.3, -0.25) is 4.68 Å². The molecule has 0 aliphatic rings. The van der Waals surface area contributed by atoms with Crippen LogP contribution >= 0.6 is 10.7 Å². The lowest BCUT2D eigenvalue weighted by Crippen LogP contribution is -2.13. The number of nitrogens with zero attached hydrogens (tertiary/aromatic N) is 2. The van der Waals surface area contributed by atoms with E-state index in [1.165, 1.54) is 6.92 Å². The quantitative estimate of drug-likeness (QED) is 0.794. The highest BCUT2D eigenvalue weighted by molar-refractivity contribution is 8.13. The first-order valence-corrected chi connectivity index (χ1v) is 6.67. The molecule has 0 fully saturated rings. The second kappa shape index (κ2) is 4.25. The molecule has 16 heavy (non-hydrogen) atoms. The van der Waals surface area contributed by atoms with Gasteiger partial charge < -0.3 is 0 Å². The highest BCUT2D eigenvalue weighted by Gasteiger charge is 2.35. The largest absolute Gasteiger partial charge is 0.433 e. The Morgan fingerprint density at radius 3 is 2.38 bits per heavy atom. The van der Waals surface area contributed by atoms with Crippen LogP contribution in [0.25, 0.3) is 0 Å². The van der Waals surface area contributed by atoms with Crippen molar-refractivity contribution in [3.8, 4) is 0 Å². The van der Waals surface area contributed by atoms with E-state index in [1.54, 1.807) is 0 Å². The summed E-state index contributed by atoms with van der Waals surface area (Å²) in [5, 5.41) is 3.51. The van der Waals surface area contributed by atoms with Gasteiger partial charge in [0.15, 0.2) is 0 Å². The summed E-state index contributed by atoms with van der Waals surface area (Å²) in [5.74, 6) is -0.718. The lowest BCUT2D eigenvalue weighted by molar-refractivity contribution is -0.144. The molecule has 0 aromatic carbocycles. The first kappa shape index (κ1) is 13.3. The predicted octanol–water partition coefficient (Wildman–Crippen LogP) is 1.99. The van der Waals surface area contributed by atoms with E-state index in [0.29, 0.717) is 10.7 Å². The molecule has 1 rings (SSSR count). The molecule has 9 heteroatoms. The van der Waals surface area contributed by atoms with Crippen molar-refractivity contribution >= 4 is 19.7 Å². The van der Waals surface area contributed by atoms with E-state index in [0.717, 1.165) is 0 Å². The van der Waals surface area contributed by atoms with E-state index in [4.69, 9.17) is 10.7 Å². The summed E-state index contributed by atoms with van der Waals surface area (Å²) in [6.07, 6.45) is -4.56. The zero-order valence-electron chi connectivity index (χ0n) is 8.12. The van der Waals surface area contributed by atoms with Gasteiger partial charge in [-0.25, -0.2) is 8.42 Å². The minimum absolute atomic E-state index is 0.00280. The Morgan fingerprint density at radius 2 is 2.06 bits per heavy atom. The summed E-state index contributed by atoms with van der Waals surface area (Å²) in [6, 6.07) is 0.684. The van der Waals surface area contributed by atoms with Crippen molar-refractivity contribution in [1.82, 2.24) is 9.78 Å². The molecule has 0 amide bonds. The number of aryl methyl sites for hydroxylation is 1. The average Bonchev–Trinajstić information content (AvgIpc) is 2.43. The van der Waals surface area contributed by atoms with Crippen LogP contribution in [0.5, 0.6) is 0 Å². The van der Waals surface area contributed by atoms with E-state index in [1.807, 2.05) is 0 Å². The smallest absolute Gasteiger partial charge is 0.260 e. The minimum Gasteiger partial charge on any atom is -0.260 e. The van der Waals surface area contributed by atoms with Crippen LogP contribution in [0.4, 0.5) is 13.2 Å². The fourth-order valence-corrected chi connectivity index (χ4v) is 2.02. The van der Waals surface area contributed by atoms with Crippen LogP contribution < -0.4 is 0 Å². The number of hydrogen-bond donors (Lipinski definition) is 0. The molecule has 0 N–H and O–H groups in total. The van der Waals surface area contributed by atoms with Crippen molar-refractivity contribution < 1.29 is 21.6 Å². The molecule has 0 aliphatic heterocycles. The summed E-state index contributed by atoms with van der Waals surface area (Å²) < 4.78 is 59.4. The summed E-state index contributed by atoms with van der Waals surface area (Å²) >= 11 is 0. The number of halogens is 4. The molecular weight excluding hydrogens is 269 g/mol. The van der Waals surface area contributed by atoms with Crippen LogP contribution in [-0.2, 0) is 27.5 Å². The highest BCUT2D eigenvalue weighted by atomic mass is 35.7. The van der Waals surface area contributed by atoms with Crippen molar-refractivity contribution in [2.75, 3.05) is 0 Å². The maximum Gasteiger partial charge on any atom is 0.433 e.